The summed E-state index contributed by atoms with van der Waals surface area (Å²) < 4.78 is 3.78. The van der Waals surface area contributed by atoms with E-state index in [0.717, 1.165) is 19.5 Å². The Bertz CT molecular complexity index is 1480. The zero-order chi connectivity index (χ0) is 25.1. The number of thiazole rings is 1. The van der Waals surface area contributed by atoms with E-state index in [1.165, 1.54) is 53.1 Å². The number of thioether (sulfide) groups is 1. The third-order valence-corrected chi connectivity index (χ3v) is 8.79. The van der Waals surface area contributed by atoms with Gasteiger partial charge in [0.2, 0.25) is 5.52 Å². The molecule has 4 heteroatoms. The summed E-state index contributed by atoms with van der Waals surface area (Å²) in [7, 11) is 0. The zero-order valence-corrected chi connectivity index (χ0v) is 23.1. The summed E-state index contributed by atoms with van der Waals surface area (Å²) in [6.07, 6.45) is 10.2. The van der Waals surface area contributed by atoms with Gasteiger partial charge in [-0.15, -0.1) is 0 Å². The van der Waals surface area contributed by atoms with Crippen molar-refractivity contribution < 1.29 is 4.57 Å². The van der Waals surface area contributed by atoms with Crippen LogP contribution in [0.5, 0.6) is 0 Å². The molecule has 0 N–H and O–H groups in total. The fraction of sp³-hybridized carbons (Fsp3) is 0.219. The molecule has 182 valence electrons. The summed E-state index contributed by atoms with van der Waals surface area (Å²) in [6, 6.07) is 24.1. The van der Waals surface area contributed by atoms with Crippen LogP contribution < -0.4 is 9.47 Å². The molecule has 0 atom stereocenters. The normalized spacial score (nSPS) is 14.9. The molecule has 0 unspecified atom stereocenters. The number of fused-ring (bicyclic) bond motifs is 2. The highest BCUT2D eigenvalue weighted by Gasteiger charge is 2.24. The van der Waals surface area contributed by atoms with E-state index in [-0.39, 0.29) is 0 Å². The number of anilines is 1. The minimum absolute atomic E-state index is 0.950. The summed E-state index contributed by atoms with van der Waals surface area (Å²) >= 11 is 3.77. The van der Waals surface area contributed by atoms with Crippen molar-refractivity contribution in [2.75, 3.05) is 11.4 Å². The van der Waals surface area contributed by atoms with E-state index in [2.05, 4.69) is 128 Å². The van der Waals surface area contributed by atoms with Crippen molar-refractivity contribution in [1.82, 2.24) is 0 Å². The van der Waals surface area contributed by atoms with Crippen LogP contribution in [0.4, 0.5) is 5.69 Å². The molecular weight excluding hydrogens is 477 g/mol. The Morgan fingerprint density at radius 3 is 2.47 bits per heavy atom. The average Bonchev–Trinajstić information content (AvgIpc) is 3.43. The van der Waals surface area contributed by atoms with E-state index in [9.17, 15) is 0 Å². The minimum Gasteiger partial charge on any atom is -0.335 e. The van der Waals surface area contributed by atoms with Gasteiger partial charge >= 0.3 is 0 Å². The summed E-state index contributed by atoms with van der Waals surface area (Å²) in [5, 5.41) is 2.63. The molecule has 4 aromatic rings. The van der Waals surface area contributed by atoms with E-state index < -0.39 is 0 Å². The molecule has 2 heterocycles. The monoisotopic (exact) mass is 509 g/mol. The topological polar surface area (TPSA) is 7.12 Å². The molecule has 0 fully saturated rings. The van der Waals surface area contributed by atoms with Crippen LogP contribution in [0.15, 0.2) is 88.3 Å². The standard InChI is InChI=1S/C32H33N2S2/c1-5-24(21-31-33(6-2)27-19-23(4)13-17-29(27)35-31)22-32-34(7-3)28-20-26(16-18-30(28)36-32)15-14-25-11-9-8-10-12-25/h8-22H,5-7H2,1-4H3/q+1/b15-14+. The first-order valence-electron chi connectivity index (χ1n) is 12.8. The number of rotatable bonds is 7. The maximum absolute atomic E-state index is 2.45. The molecule has 1 aliphatic rings. The van der Waals surface area contributed by atoms with Crippen molar-refractivity contribution in [3.05, 3.63) is 105 Å². The van der Waals surface area contributed by atoms with Gasteiger partial charge in [0.15, 0.2) is 0 Å². The Labute approximate surface area is 223 Å². The number of benzene rings is 3. The van der Waals surface area contributed by atoms with Crippen LogP contribution in [0.1, 0.15) is 48.9 Å². The van der Waals surface area contributed by atoms with Crippen LogP contribution in [0.2, 0.25) is 0 Å². The summed E-state index contributed by atoms with van der Waals surface area (Å²) in [5.74, 6) is 0. The lowest BCUT2D eigenvalue weighted by molar-refractivity contribution is -0.665. The molecular formula is C32H33N2S2+. The number of aryl methyl sites for hydroxylation is 2. The van der Waals surface area contributed by atoms with Crippen LogP contribution >= 0.6 is 23.1 Å². The molecule has 0 spiro atoms. The fourth-order valence-corrected chi connectivity index (χ4v) is 6.99. The van der Waals surface area contributed by atoms with Gasteiger partial charge in [0.05, 0.1) is 10.7 Å². The highest BCUT2D eigenvalue weighted by Crippen LogP contribution is 2.46. The van der Waals surface area contributed by atoms with Crippen molar-refractivity contribution >= 4 is 57.2 Å². The molecule has 0 amide bonds. The van der Waals surface area contributed by atoms with Crippen molar-refractivity contribution in [1.29, 1.82) is 0 Å². The summed E-state index contributed by atoms with van der Waals surface area (Å²) in [6.45, 7) is 10.8. The van der Waals surface area contributed by atoms with Gasteiger partial charge in [0.1, 0.15) is 11.2 Å². The van der Waals surface area contributed by atoms with Crippen LogP contribution in [0.25, 0.3) is 28.4 Å². The van der Waals surface area contributed by atoms with Gasteiger partial charge in [-0.2, -0.15) is 4.57 Å². The first-order chi connectivity index (χ1) is 17.6. The molecule has 36 heavy (non-hydrogen) atoms. The Balaban J connectivity index is 1.48. The Morgan fingerprint density at radius 2 is 1.72 bits per heavy atom. The minimum atomic E-state index is 0.950. The van der Waals surface area contributed by atoms with E-state index in [1.807, 2.05) is 23.1 Å². The second-order valence-corrected chi connectivity index (χ2v) is 11.2. The Morgan fingerprint density at radius 1 is 0.917 bits per heavy atom. The van der Waals surface area contributed by atoms with Crippen molar-refractivity contribution in [2.45, 2.75) is 45.6 Å². The van der Waals surface area contributed by atoms with Crippen LogP contribution in [0.3, 0.4) is 0 Å². The van der Waals surface area contributed by atoms with Crippen LogP contribution in [-0.4, -0.2) is 6.54 Å². The Hall–Kier alpha value is -3.08. The highest BCUT2D eigenvalue weighted by atomic mass is 32.2. The highest BCUT2D eigenvalue weighted by molar-refractivity contribution is 8.03. The van der Waals surface area contributed by atoms with E-state index in [0.29, 0.717) is 0 Å². The first kappa shape index (κ1) is 24.6. The fourth-order valence-electron chi connectivity index (χ4n) is 4.62. The molecule has 2 nitrogen and oxygen atoms in total. The first-order valence-corrected chi connectivity index (χ1v) is 14.4. The van der Waals surface area contributed by atoms with Gasteiger partial charge in [-0.25, -0.2) is 0 Å². The maximum Gasteiger partial charge on any atom is 0.263 e. The second kappa shape index (κ2) is 10.9. The second-order valence-electron chi connectivity index (χ2n) is 9.03. The van der Waals surface area contributed by atoms with Crippen LogP contribution in [-0.2, 0) is 6.54 Å². The number of hydrogen-bond acceptors (Lipinski definition) is 3. The molecule has 0 saturated carbocycles. The number of aromatic nitrogens is 1. The molecule has 0 bridgehead atoms. The lowest BCUT2D eigenvalue weighted by Crippen LogP contribution is -2.33. The predicted molar refractivity (Wildman–Crippen MR) is 159 cm³/mol. The van der Waals surface area contributed by atoms with Crippen molar-refractivity contribution in [2.24, 2.45) is 0 Å². The predicted octanol–water partition coefficient (Wildman–Crippen LogP) is 8.95. The molecule has 5 rings (SSSR count). The van der Waals surface area contributed by atoms with Crippen molar-refractivity contribution in [3.63, 3.8) is 0 Å². The van der Waals surface area contributed by atoms with Gasteiger partial charge in [-0.3, -0.25) is 0 Å². The van der Waals surface area contributed by atoms with Gasteiger partial charge in [-0.1, -0.05) is 84.6 Å². The molecule has 1 aromatic heterocycles. The zero-order valence-electron chi connectivity index (χ0n) is 21.5. The lowest BCUT2D eigenvalue weighted by atomic mass is 10.1. The third-order valence-electron chi connectivity index (χ3n) is 6.57. The Kier molecular flexibility index (Phi) is 7.45. The average molecular weight is 510 g/mol. The molecule has 3 aromatic carbocycles. The van der Waals surface area contributed by atoms with Crippen LogP contribution in [0, 0.1) is 6.92 Å². The number of hydrogen-bond donors (Lipinski definition) is 0. The van der Waals surface area contributed by atoms with Gasteiger partial charge in [0, 0.05) is 23.6 Å². The number of nitrogens with zero attached hydrogens (tertiary/aromatic N) is 2. The smallest absolute Gasteiger partial charge is 0.263 e. The van der Waals surface area contributed by atoms with Gasteiger partial charge < -0.3 is 4.90 Å². The SMILES string of the molecule is CCC(=C\c1sc2ccc(/C=C/c3ccccc3)cc2[n+]1CC)/C=C1/Sc2ccc(C)cc2N1CC. The number of allylic oxidation sites excluding steroid dienone is 2. The summed E-state index contributed by atoms with van der Waals surface area (Å²) in [4.78, 5) is 3.80. The largest absolute Gasteiger partial charge is 0.335 e. The van der Waals surface area contributed by atoms with E-state index in [4.69, 9.17) is 0 Å². The molecule has 0 radical (unpaired) electrons. The van der Waals surface area contributed by atoms with Crippen molar-refractivity contribution in [3.8, 4) is 0 Å². The lowest BCUT2D eigenvalue weighted by Gasteiger charge is -2.18. The summed E-state index contributed by atoms with van der Waals surface area (Å²) in [5.41, 5.74) is 7.77. The van der Waals surface area contributed by atoms with Gasteiger partial charge in [-0.05, 0) is 73.7 Å². The van der Waals surface area contributed by atoms with E-state index >= 15 is 0 Å². The quantitative estimate of drug-likeness (QED) is 0.181. The van der Waals surface area contributed by atoms with E-state index in [1.54, 1.807) is 0 Å². The molecule has 0 aliphatic carbocycles. The van der Waals surface area contributed by atoms with Gasteiger partial charge in [0.25, 0.3) is 5.01 Å². The molecule has 0 saturated heterocycles. The maximum atomic E-state index is 2.45. The third kappa shape index (κ3) is 5.07. The molecule has 1 aliphatic heterocycles.